The fourth-order valence-electron chi connectivity index (χ4n) is 2.70. The molecule has 9 heteroatoms. The Hall–Kier alpha value is -2.78. The van der Waals surface area contributed by atoms with Crippen LogP contribution < -0.4 is 0 Å². The minimum Gasteiger partial charge on any atom is -0.457 e. The minimum atomic E-state index is -3.72. The molecule has 0 fully saturated rings. The Balaban J connectivity index is 2.23. The Morgan fingerprint density at radius 1 is 1.14 bits per heavy atom. The predicted octanol–water partition coefficient (Wildman–Crippen LogP) is 3.29. The number of hydrogen-bond donors (Lipinski definition) is 0. The molecule has 150 valence electrons. The van der Waals surface area contributed by atoms with Crippen molar-refractivity contribution in [3.8, 4) is 0 Å². The van der Waals surface area contributed by atoms with Gasteiger partial charge < -0.3 is 4.74 Å². The van der Waals surface area contributed by atoms with E-state index in [4.69, 9.17) is 4.74 Å². The Morgan fingerprint density at radius 3 is 2.43 bits per heavy atom. The second-order valence-electron chi connectivity index (χ2n) is 6.07. The van der Waals surface area contributed by atoms with Gasteiger partial charge in [0.25, 0.3) is 5.69 Å². The highest BCUT2D eigenvalue weighted by molar-refractivity contribution is 7.89. The van der Waals surface area contributed by atoms with Gasteiger partial charge in [0.05, 0.1) is 15.4 Å². The van der Waals surface area contributed by atoms with E-state index in [1.54, 1.807) is 32.9 Å². The van der Waals surface area contributed by atoms with Gasteiger partial charge in [-0.15, -0.1) is 0 Å². The number of hydrogen-bond acceptors (Lipinski definition) is 6. The number of nitrogens with zero attached hydrogens (tertiary/aromatic N) is 2. The summed E-state index contributed by atoms with van der Waals surface area (Å²) in [5.74, 6) is -0.706. The van der Waals surface area contributed by atoms with Crippen LogP contribution in [0.4, 0.5) is 5.69 Å². The number of esters is 1. The molecule has 0 aliphatic rings. The van der Waals surface area contributed by atoms with E-state index in [1.807, 2.05) is 0 Å². The molecule has 0 N–H and O–H groups in total. The molecule has 2 aromatic carbocycles. The van der Waals surface area contributed by atoms with Gasteiger partial charge in [0.2, 0.25) is 10.0 Å². The number of nitro groups is 1. The molecule has 2 aromatic rings. The molecule has 0 amide bonds. The molecule has 28 heavy (non-hydrogen) atoms. The Kier molecular flexibility index (Phi) is 6.87. The highest BCUT2D eigenvalue weighted by Crippen LogP contribution is 2.22. The monoisotopic (exact) mass is 406 g/mol. The fourth-order valence-corrected chi connectivity index (χ4v) is 4.41. The van der Waals surface area contributed by atoms with Crippen LogP contribution in [0.2, 0.25) is 0 Å². The van der Waals surface area contributed by atoms with Crippen molar-refractivity contribution < 1.29 is 22.9 Å². The number of rotatable bonds is 8. The van der Waals surface area contributed by atoms with E-state index in [-0.39, 0.29) is 22.8 Å². The molecule has 0 spiro atoms. The van der Waals surface area contributed by atoms with Gasteiger partial charge in [-0.1, -0.05) is 32.0 Å². The van der Waals surface area contributed by atoms with E-state index in [0.29, 0.717) is 24.2 Å². The molecule has 0 aliphatic heterocycles. The first kappa shape index (κ1) is 21.5. The van der Waals surface area contributed by atoms with Gasteiger partial charge in [0.15, 0.2) is 0 Å². The lowest BCUT2D eigenvalue weighted by Gasteiger charge is -2.20. The normalized spacial score (nSPS) is 11.4. The van der Waals surface area contributed by atoms with E-state index in [0.717, 1.165) is 0 Å². The zero-order chi connectivity index (χ0) is 20.9. The van der Waals surface area contributed by atoms with E-state index < -0.39 is 20.9 Å². The van der Waals surface area contributed by atoms with Crippen LogP contribution in [-0.2, 0) is 21.4 Å². The van der Waals surface area contributed by atoms with Crippen molar-refractivity contribution in [3.05, 3.63) is 69.3 Å². The maximum Gasteiger partial charge on any atom is 0.338 e. The first-order valence-corrected chi connectivity index (χ1v) is 10.2. The van der Waals surface area contributed by atoms with Crippen molar-refractivity contribution in [1.29, 1.82) is 0 Å². The zero-order valence-electron chi connectivity index (χ0n) is 15.9. The number of carbonyl (C=O) groups is 1. The third-order valence-corrected chi connectivity index (χ3v) is 6.43. The maximum atomic E-state index is 12.8. The lowest BCUT2D eigenvalue weighted by atomic mass is 10.1. The second-order valence-corrected chi connectivity index (χ2v) is 7.98. The number of benzene rings is 2. The Morgan fingerprint density at radius 2 is 1.82 bits per heavy atom. The van der Waals surface area contributed by atoms with Crippen LogP contribution in [0.15, 0.2) is 47.4 Å². The van der Waals surface area contributed by atoms with Crippen molar-refractivity contribution in [2.24, 2.45) is 0 Å². The number of carbonyl (C=O) groups excluding carboxylic acids is 1. The van der Waals surface area contributed by atoms with Crippen LogP contribution in [0.25, 0.3) is 0 Å². The van der Waals surface area contributed by atoms with Gasteiger partial charge in [0, 0.05) is 25.2 Å². The van der Waals surface area contributed by atoms with Crippen LogP contribution >= 0.6 is 0 Å². The van der Waals surface area contributed by atoms with Gasteiger partial charge in [0.1, 0.15) is 6.61 Å². The van der Waals surface area contributed by atoms with Gasteiger partial charge >= 0.3 is 5.97 Å². The lowest BCUT2D eigenvalue weighted by molar-refractivity contribution is -0.384. The van der Waals surface area contributed by atoms with E-state index >= 15 is 0 Å². The Labute approximate surface area is 163 Å². The number of nitro benzene ring substituents is 1. The molecule has 0 aliphatic carbocycles. The summed E-state index contributed by atoms with van der Waals surface area (Å²) in [6.45, 7) is 5.63. The second kappa shape index (κ2) is 8.94. The molecule has 0 heterocycles. The summed E-state index contributed by atoms with van der Waals surface area (Å²) in [6, 6.07) is 10.1. The van der Waals surface area contributed by atoms with Gasteiger partial charge in [-0.25, -0.2) is 13.2 Å². The molecule has 0 unspecified atom stereocenters. The summed E-state index contributed by atoms with van der Waals surface area (Å²) in [6.07, 6.45) is 0. The highest BCUT2D eigenvalue weighted by Gasteiger charge is 2.25. The van der Waals surface area contributed by atoms with E-state index in [9.17, 15) is 23.3 Å². The maximum absolute atomic E-state index is 12.8. The Bertz CT molecular complexity index is 984. The summed E-state index contributed by atoms with van der Waals surface area (Å²) >= 11 is 0. The molecular formula is C19H22N2O6S. The number of non-ortho nitro benzene ring substituents is 1. The van der Waals surface area contributed by atoms with Crippen LogP contribution in [0, 0.1) is 17.0 Å². The van der Waals surface area contributed by atoms with Crippen molar-refractivity contribution in [3.63, 3.8) is 0 Å². The zero-order valence-corrected chi connectivity index (χ0v) is 16.7. The topological polar surface area (TPSA) is 107 Å². The predicted molar refractivity (Wildman–Crippen MR) is 104 cm³/mol. The molecule has 0 saturated heterocycles. The smallest absolute Gasteiger partial charge is 0.338 e. The summed E-state index contributed by atoms with van der Waals surface area (Å²) in [7, 11) is -3.72. The highest BCUT2D eigenvalue weighted by atomic mass is 32.2. The average molecular weight is 406 g/mol. The minimum absolute atomic E-state index is 0.0565. The first-order chi connectivity index (χ1) is 13.2. The summed E-state index contributed by atoms with van der Waals surface area (Å²) < 4.78 is 32.1. The number of ether oxygens (including phenoxy) is 1. The van der Waals surface area contributed by atoms with Gasteiger partial charge in [-0.2, -0.15) is 4.31 Å². The third kappa shape index (κ3) is 4.73. The standard InChI is InChI=1S/C19H22N2O6S/c1-4-20(5-2)28(25,26)18-12-16(10-9-14(18)3)19(22)27-13-15-7-6-8-17(11-15)21(23)24/h6-12H,4-5,13H2,1-3H3. The quantitative estimate of drug-likeness (QED) is 0.378. The average Bonchev–Trinajstić information content (AvgIpc) is 2.67. The summed E-state index contributed by atoms with van der Waals surface area (Å²) in [5, 5.41) is 10.8. The van der Waals surface area contributed by atoms with E-state index in [1.165, 1.54) is 34.6 Å². The summed E-state index contributed by atoms with van der Waals surface area (Å²) in [4.78, 5) is 22.7. The lowest BCUT2D eigenvalue weighted by Crippen LogP contribution is -2.31. The van der Waals surface area contributed by atoms with Crippen molar-refractivity contribution in [1.82, 2.24) is 4.31 Å². The summed E-state index contributed by atoms with van der Waals surface area (Å²) in [5.41, 5.74) is 0.992. The SMILES string of the molecule is CCN(CC)S(=O)(=O)c1cc(C(=O)OCc2cccc([N+](=O)[O-])c2)ccc1C. The van der Waals surface area contributed by atoms with Crippen molar-refractivity contribution >= 4 is 21.7 Å². The van der Waals surface area contributed by atoms with Crippen molar-refractivity contribution in [2.45, 2.75) is 32.3 Å². The first-order valence-electron chi connectivity index (χ1n) is 8.72. The molecule has 0 radical (unpaired) electrons. The molecule has 0 saturated carbocycles. The number of aryl methyl sites for hydroxylation is 1. The molecule has 2 rings (SSSR count). The molecule has 0 atom stereocenters. The molecule has 0 aromatic heterocycles. The van der Waals surface area contributed by atoms with Crippen LogP contribution in [0.1, 0.15) is 35.3 Å². The number of sulfonamides is 1. The van der Waals surface area contributed by atoms with Gasteiger partial charge in [-0.3, -0.25) is 10.1 Å². The molecule has 8 nitrogen and oxygen atoms in total. The fraction of sp³-hybridized carbons (Fsp3) is 0.316. The van der Waals surface area contributed by atoms with E-state index in [2.05, 4.69) is 0 Å². The van der Waals surface area contributed by atoms with Crippen LogP contribution in [-0.4, -0.2) is 36.7 Å². The molecule has 0 bridgehead atoms. The van der Waals surface area contributed by atoms with Crippen molar-refractivity contribution in [2.75, 3.05) is 13.1 Å². The van der Waals surface area contributed by atoms with Gasteiger partial charge in [-0.05, 0) is 30.2 Å². The largest absolute Gasteiger partial charge is 0.457 e. The van der Waals surface area contributed by atoms with Crippen LogP contribution in [0.5, 0.6) is 0 Å². The van der Waals surface area contributed by atoms with Crippen LogP contribution in [0.3, 0.4) is 0 Å². The third-order valence-electron chi connectivity index (χ3n) is 4.24. The molecular weight excluding hydrogens is 384 g/mol.